The van der Waals surface area contributed by atoms with Crippen LogP contribution in [0.2, 0.25) is 0 Å². The summed E-state index contributed by atoms with van der Waals surface area (Å²) in [4.78, 5) is 14.0. The molecule has 86 valence electrons. The van der Waals surface area contributed by atoms with E-state index in [0.717, 1.165) is 19.3 Å². The Morgan fingerprint density at radius 1 is 1.20 bits per heavy atom. The van der Waals surface area contributed by atoms with Crippen LogP contribution < -0.4 is 0 Å². The first-order chi connectivity index (χ1) is 7.33. The maximum Gasteiger partial charge on any atom is 0.149 e. The quantitative estimate of drug-likeness (QED) is 0.763. The number of hydrogen-bond acceptors (Lipinski definition) is 3. The summed E-state index contributed by atoms with van der Waals surface area (Å²) in [6, 6.07) is 0.685. The zero-order valence-corrected chi connectivity index (χ0v) is 9.32. The standard InChI is InChI=1S/C12H21NO2/c14-9-8-13(10-4-1-2-5-10)11-6-3-7-12(11)15/h10-11,14H,1-9H2. The summed E-state index contributed by atoms with van der Waals surface area (Å²) in [7, 11) is 0. The van der Waals surface area contributed by atoms with Crippen molar-refractivity contribution in [3.8, 4) is 0 Å². The molecule has 1 N–H and O–H groups in total. The van der Waals surface area contributed by atoms with E-state index in [9.17, 15) is 4.79 Å². The second-order valence-electron chi connectivity index (χ2n) is 4.77. The predicted octanol–water partition coefficient (Wildman–Crippen LogP) is 1.34. The monoisotopic (exact) mass is 211 g/mol. The fraction of sp³-hybridized carbons (Fsp3) is 0.917. The third-order valence-corrected chi connectivity index (χ3v) is 3.82. The molecule has 0 amide bonds. The van der Waals surface area contributed by atoms with Gasteiger partial charge in [-0.1, -0.05) is 12.8 Å². The minimum atomic E-state index is 0.125. The smallest absolute Gasteiger partial charge is 0.149 e. The zero-order valence-electron chi connectivity index (χ0n) is 9.32. The van der Waals surface area contributed by atoms with Crippen molar-refractivity contribution in [1.29, 1.82) is 0 Å². The van der Waals surface area contributed by atoms with Crippen LogP contribution >= 0.6 is 0 Å². The summed E-state index contributed by atoms with van der Waals surface area (Å²) in [6.45, 7) is 0.862. The maximum absolute atomic E-state index is 11.7. The van der Waals surface area contributed by atoms with Gasteiger partial charge in [0.05, 0.1) is 12.6 Å². The minimum Gasteiger partial charge on any atom is -0.395 e. The van der Waals surface area contributed by atoms with Gasteiger partial charge in [-0.2, -0.15) is 0 Å². The molecule has 0 aromatic rings. The van der Waals surface area contributed by atoms with Crippen molar-refractivity contribution >= 4 is 5.78 Å². The van der Waals surface area contributed by atoms with E-state index >= 15 is 0 Å². The molecule has 3 nitrogen and oxygen atoms in total. The highest BCUT2D eigenvalue weighted by molar-refractivity contribution is 5.85. The lowest BCUT2D eigenvalue weighted by molar-refractivity contribution is -0.122. The highest BCUT2D eigenvalue weighted by Crippen LogP contribution is 2.29. The van der Waals surface area contributed by atoms with E-state index in [0.29, 0.717) is 18.4 Å². The highest BCUT2D eigenvalue weighted by Gasteiger charge is 2.34. The van der Waals surface area contributed by atoms with E-state index in [2.05, 4.69) is 4.90 Å². The Labute approximate surface area is 91.5 Å². The second kappa shape index (κ2) is 5.08. The zero-order chi connectivity index (χ0) is 10.7. The number of nitrogens with zero attached hydrogens (tertiary/aromatic N) is 1. The molecule has 2 saturated carbocycles. The third kappa shape index (κ3) is 2.40. The molecule has 0 saturated heterocycles. The van der Waals surface area contributed by atoms with Gasteiger partial charge in [-0.25, -0.2) is 0 Å². The molecule has 0 heterocycles. The normalized spacial score (nSPS) is 28.1. The lowest BCUT2D eigenvalue weighted by atomic mass is 10.1. The number of rotatable bonds is 4. The third-order valence-electron chi connectivity index (χ3n) is 3.82. The number of carbonyl (C=O) groups is 1. The molecule has 0 aromatic carbocycles. The molecule has 2 aliphatic rings. The number of ketones is 1. The number of hydrogen-bond donors (Lipinski definition) is 1. The Hall–Kier alpha value is -0.410. The summed E-state index contributed by atoms with van der Waals surface area (Å²) in [5, 5.41) is 9.09. The van der Waals surface area contributed by atoms with Crippen LogP contribution in [0, 0.1) is 0 Å². The predicted molar refractivity (Wildman–Crippen MR) is 58.7 cm³/mol. The van der Waals surface area contributed by atoms with Crippen molar-refractivity contribution < 1.29 is 9.90 Å². The van der Waals surface area contributed by atoms with Crippen LogP contribution in [0.25, 0.3) is 0 Å². The molecular weight excluding hydrogens is 190 g/mol. The van der Waals surface area contributed by atoms with E-state index in [4.69, 9.17) is 5.11 Å². The number of carbonyl (C=O) groups excluding carboxylic acids is 1. The van der Waals surface area contributed by atoms with Crippen molar-refractivity contribution in [2.45, 2.75) is 57.0 Å². The molecule has 1 atom stereocenters. The molecule has 2 aliphatic carbocycles. The van der Waals surface area contributed by atoms with Gasteiger partial charge in [0.2, 0.25) is 0 Å². The Kier molecular flexibility index (Phi) is 3.76. The minimum absolute atomic E-state index is 0.125. The average Bonchev–Trinajstić information content (AvgIpc) is 2.85. The van der Waals surface area contributed by atoms with Crippen molar-refractivity contribution in [3.05, 3.63) is 0 Å². The molecular formula is C12H21NO2. The molecule has 0 bridgehead atoms. The van der Waals surface area contributed by atoms with Gasteiger partial charge in [0.25, 0.3) is 0 Å². The average molecular weight is 211 g/mol. The van der Waals surface area contributed by atoms with Crippen molar-refractivity contribution in [1.82, 2.24) is 4.90 Å². The van der Waals surface area contributed by atoms with Gasteiger partial charge in [-0.15, -0.1) is 0 Å². The van der Waals surface area contributed by atoms with Gasteiger partial charge in [-0.05, 0) is 25.7 Å². The van der Waals surface area contributed by atoms with Crippen LogP contribution in [0.3, 0.4) is 0 Å². The SMILES string of the molecule is O=C1CCCC1N(CCO)C1CCCC1. The van der Waals surface area contributed by atoms with Gasteiger partial charge in [0, 0.05) is 19.0 Å². The summed E-state index contributed by atoms with van der Waals surface area (Å²) in [5.74, 6) is 0.398. The van der Waals surface area contributed by atoms with Gasteiger partial charge in [0.15, 0.2) is 0 Å². The first-order valence-corrected chi connectivity index (χ1v) is 6.22. The highest BCUT2D eigenvalue weighted by atomic mass is 16.3. The fourth-order valence-corrected chi connectivity index (χ4v) is 3.09. The number of Topliss-reactive ketones (excluding diaryl/α,β-unsaturated/α-hetero) is 1. The van der Waals surface area contributed by atoms with Crippen molar-refractivity contribution in [2.24, 2.45) is 0 Å². The van der Waals surface area contributed by atoms with Crippen LogP contribution in [-0.2, 0) is 4.79 Å². The molecule has 0 aliphatic heterocycles. The fourth-order valence-electron chi connectivity index (χ4n) is 3.09. The van der Waals surface area contributed by atoms with Gasteiger partial charge >= 0.3 is 0 Å². The molecule has 3 heteroatoms. The first-order valence-electron chi connectivity index (χ1n) is 6.22. The van der Waals surface area contributed by atoms with Gasteiger partial charge in [-0.3, -0.25) is 9.69 Å². The van der Waals surface area contributed by atoms with E-state index in [1.54, 1.807) is 0 Å². The summed E-state index contributed by atoms with van der Waals surface area (Å²) in [5.41, 5.74) is 0. The molecule has 2 fully saturated rings. The van der Waals surface area contributed by atoms with E-state index < -0.39 is 0 Å². The van der Waals surface area contributed by atoms with Gasteiger partial charge < -0.3 is 5.11 Å². The number of aliphatic hydroxyl groups is 1. The Balaban J connectivity index is 2.00. The molecule has 2 rings (SSSR count). The molecule has 1 unspecified atom stereocenters. The van der Waals surface area contributed by atoms with Crippen LogP contribution in [0.4, 0.5) is 0 Å². The van der Waals surface area contributed by atoms with E-state index in [1.807, 2.05) is 0 Å². The largest absolute Gasteiger partial charge is 0.395 e. The maximum atomic E-state index is 11.7. The Morgan fingerprint density at radius 2 is 1.93 bits per heavy atom. The lowest BCUT2D eigenvalue weighted by Gasteiger charge is -2.32. The topological polar surface area (TPSA) is 40.5 Å². The molecule has 0 aromatic heterocycles. The molecule has 15 heavy (non-hydrogen) atoms. The van der Waals surface area contributed by atoms with Gasteiger partial charge in [0.1, 0.15) is 5.78 Å². The Bertz CT molecular complexity index is 224. The molecule has 0 radical (unpaired) electrons. The van der Waals surface area contributed by atoms with Crippen molar-refractivity contribution in [2.75, 3.05) is 13.2 Å². The van der Waals surface area contributed by atoms with Crippen LogP contribution in [-0.4, -0.2) is 41.0 Å². The lowest BCUT2D eigenvalue weighted by Crippen LogP contribution is -2.45. The van der Waals surface area contributed by atoms with Crippen LogP contribution in [0.1, 0.15) is 44.9 Å². The first kappa shape index (κ1) is 11.1. The number of aliphatic hydroxyl groups excluding tert-OH is 1. The van der Waals surface area contributed by atoms with E-state index in [-0.39, 0.29) is 12.6 Å². The second-order valence-corrected chi connectivity index (χ2v) is 4.77. The summed E-state index contributed by atoms with van der Waals surface area (Å²) in [6.07, 6.45) is 7.79. The summed E-state index contributed by atoms with van der Waals surface area (Å²) < 4.78 is 0. The Morgan fingerprint density at radius 3 is 2.47 bits per heavy atom. The van der Waals surface area contributed by atoms with Crippen molar-refractivity contribution in [3.63, 3.8) is 0 Å². The summed E-state index contributed by atoms with van der Waals surface area (Å²) >= 11 is 0. The van der Waals surface area contributed by atoms with Crippen LogP contribution in [0.15, 0.2) is 0 Å². The molecule has 0 spiro atoms. The van der Waals surface area contributed by atoms with E-state index in [1.165, 1.54) is 25.7 Å². The van der Waals surface area contributed by atoms with Crippen LogP contribution in [0.5, 0.6) is 0 Å².